The van der Waals surface area contributed by atoms with E-state index in [0.29, 0.717) is 11.4 Å². The summed E-state index contributed by atoms with van der Waals surface area (Å²) >= 11 is 0. The van der Waals surface area contributed by atoms with Crippen LogP contribution in [0.1, 0.15) is 19.4 Å². The predicted octanol–water partition coefficient (Wildman–Crippen LogP) is 1.99. The number of aliphatic carboxylic acids is 1. The monoisotopic (exact) mass is 438 g/mol. The summed E-state index contributed by atoms with van der Waals surface area (Å²) in [6.45, 7) is 3.17. The van der Waals surface area contributed by atoms with Gasteiger partial charge in [0.2, 0.25) is 11.8 Å². The number of hydrogen-bond acceptors (Lipinski definition) is 4. The maximum absolute atomic E-state index is 13.1. The zero-order valence-corrected chi connectivity index (χ0v) is 17.9. The molecular weight excluding hydrogens is 412 g/mol. The van der Waals surface area contributed by atoms with E-state index in [1.165, 1.54) is 4.90 Å². The van der Waals surface area contributed by atoms with Gasteiger partial charge in [-0.25, -0.2) is 9.59 Å². The molecule has 2 aromatic rings. The molecule has 2 aromatic carbocycles. The van der Waals surface area contributed by atoms with E-state index < -0.39 is 30.0 Å². The number of para-hydroxylation sites is 2. The molecule has 2 atom stereocenters. The van der Waals surface area contributed by atoms with Crippen LogP contribution in [0.2, 0.25) is 0 Å². The van der Waals surface area contributed by atoms with E-state index in [4.69, 9.17) is 0 Å². The van der Waals surface area contributed by atoms with Gasteiger partial charge in [-0.2, -0.15) is 0 Å². The number of amides is 4. The number of urea groups is 1. The Morgan fingerprint density at radius 1 is 1.03 bits per heavy atom. The molecule has 0 fully saturated rings. The molecule has 0 bridgehead atoms. The molecule has 0 spiro atoms. The third-order valence-corrected chi connectivity index (χ3v) is 5.14. The first-order chi connectivity index (χ1) is 15.3. The van der Waals surface area contributed by atoms with Crippen molar-refractivity contribution in [3.8, 4) is 0 Å². The Bertz CT molecular complexity index is 1010. The maximum atomic E-state index is 13.1. The second kappa shape index (κ2) is 9.95. The van der Waals surface area contributed by atoms with Crippen LogP contribution in [0.4, 0.5) is 16.2 Å². The molecule has 4 amide bonds. The van der Waals surface area contributed by atoms with Crippen molar-refractivity contribution in [1.29, 1.82) is 0 Å². The van der Waals surface area contributed by atoms with Crippen molar-refractivity contribution in [3.05, 3.63) is 60.2 Å². The fraction of sp³-hybridized carbons (Fsp3) is 0.304. The highest BCUT2D eigenvalue weighted by Gasteiger charge is 2.32. The number of hydrogen-bond donors (Lipinski definition) is 4. The summed E-state index contributed by atoms with van der Waals surface area (Å²) in [7, 11) is 0. The van der Waals surface area contributed by atoms with Crippen molar-refractivity contribution in [3.63, 3.8) is 0 Å². The summed E-state index contributed by atoms with van der Waals surface area (Å²) in [6, 6.07) is 13.2. The van der Waals surface area contributed by atoms with Gasteiger partial charge in [-0.05, 0) is 23.6 Å². The lowest BCUT2D eigenvalue weighted by Gasteiger charge is -2.31. The number of fused-ring (bicyclic) bond motifs is 1. The van der Waals surface area contributed by atoms with Crippen LogP contribution in [-0.2, 0) is 20.8 Å². The van der Waals surface area contributed by atoms with E-state index in [2.05, 4.69) is 16.0 Å². The average molecular weight is 438 g/mol. The van der Waals surface area contributed by atoms with Crippen LogP contribution in [0.15, 0.2) is 54.6 Å². The summed E-state index contributed by atoms with van der Waals surface area (Å²) in [6.07, 6.45) is 0.157. The van der Waals surface area contributed by atoms with E-state index >= 15 is 0 Å². The van der Waals surface area contributed by atoms with E-state index in [1.54, 1.807) is 38.1 Å². The second-order valence-corrected chi connectivity index (χ2v) is 7.91. The molecule has 32 heavy (non-hydrogen) atoms. The molecule has 0 unspecified atom stereocenters. The third-order valence-electron chi connectivity index (χ3n) is 5.14. The number of nitrogens with one attached hydrogen (secondary N) is 3. The normalized spacial score (nSPS) is 14.7. The Kier molecular flexibility index (Phi) is 7.09. The molecule has 9 nitrogen and oxygen atoms in total. The Labute approximate surface area is 185 Å². The Morgan fingerprint density at radius 3 is 2.34 bits per heavy atom. The predicted molar refractivity (Wildman–Crippen MR) is 119 cm³/mol. The molecule has 0 saturated heterocycles. The van der Waals surface area contributed by atoms with E-state index in [-0.39, 0.29) is 24.8 Å². The van der Waals surface area contributed by atoms with Crippen LogP contribution >= 0.6 is 0 Å². The molecule has 1 aliphatic heterocycles. The minimum absolute atomic E-state index is 0.157. The molecule has 4 N–H and O–H groups in total. The minimum atomic E-state index is -1.15. The van der Waals surface area contributed by atoms with Crippen LogP contribution < -0.4 is 20.9 Å². The minimum Gasteiger partial charge on any atom is -0.480 e. The van der Waals surface area contributed by atoms with Gasteiger partial charge in [0, 0.05) is 6.42 Å². The van der Waals surface area contributed by atoms with Gasteiger partial charge in [-0.1, -0.05) is 56.3 Å². The van der Waals surface area contributed by atoms with Gasteiger partial charge in [-0.3, -0.25) is 14.5 Å². The Balaban J connectivity index is 1.83. The zero-order valence-electron chi connectivity index (χ0n) is 17.9. The number of rotatable bonds is 7. The summed E-state index contributed by atoms with van der Waals surface area (Å²) in [4.78, 5) is 51.0. The first-order valence-electron chi connectivity index (χ1n) is 10.3. The van der Waals surface area contributed by atoms with Crippen LogP contribution in [0.3, 0.4) is 0 Å². The van der Waals surface area contributed by atoms with Gasteiger partial charge in [-0.15, -0.1) is 0 Å². The van der Waals surface area contributed by atoms with Crippen LogP contribution in [0.5, 0.6) is 0 Å². The summed E-state index contributed by atoms with van der Waals surface area (Å²) < 4.78 is 0. The van der Waals surface area contributed by atoms with E-state index in [0.717, 1.165) is 5.56 Å². The number of carboxylic acid groups (broad SMARTS) is 1. The molecule has 0 radical (unpaired) electrons. The Hall–Kier alpha value is -3.88. The van der Waals surface area contributed by atoms with Crippen molar-refractivity contribution in [2.75, 3.05) is 16.8 Å². The van der Waals surface area contributed by atoms with Crippen LogP contribution in [0.25, 0.3) is 0 Å². The van der Waals surface area contributed by atoms with E-state index in [9.17, 15) is 24.3 Å². The van der Waals surface area contributed by atoms with Gasteiger partial charge in [0.25, 0.3) is 0 Å². The molecule has 0 saturated carbocycles. The van der Waals surface area contributed by atoms with Gasteiger partial charge < -0.3 is 21.1 Å². The zero-order chi connectivity index (χ0) is 23.3. The number of carbonyl (C=O) groups excluding carboxylic acids is 3. The number of carbonyl (C=O) groups is 4. The third kappa shape index (κ3) is 5.42. The van der Waals surface area contributed by atoms with Gasteiger partial charge in [0.05, 0.1) is 11.4 Å². The topological polar surface area (TPSA) is 128 Å². The summed E-state index contributed by atoms with van der Waals surface area (Å²) in [5, 5.41) is 17.3. The number of nitrogens with zero attached hydrogens (tertiary/aromatic N) is 1. The highest BCUT2D eigenvalue weighted by Crippen LogP contribution is 2.28. The largest absolute Gasteiger partial charge is 0.480 e. The van der Waals surface area contributed by atoms with Crippen molar-refractivity contribution < 1.29 is 24.3 Å². The lowest BCUT2D eigenvalue weighted by molar-refractivity contribution is -0.143. The number of anilines is 2. The molecule has 1 aliphatic rings. The van der Waals surface area contributed by atoms with Crippen molar-refractivity contribution >= 4 is 35.2 Å². The smallest absolute Gasteiger partial charge is 0.326 e. The van der Waals surface area contributed by atoms with E-state index in [1.807, 2.05) is 30.3 Å². The van der Waals surface area contributed by atoms with Gasteiger partial charge >= 0.3 is 12.0 Å². The van der Waals surface area contributed by atoms with Crippen molar-refractivity contribution in [1.82, 2.24) is 10.6 Å². The second-order valence-electron chi connectivity index (χ2n) is 7.91. The molecule has 1 heterocycles. The lowest BCUT2D eigenvalue weighted by Crippen LogP contribution is -2.57. The van der Waals surface area contributed by atoms with Gasteiger partial charge in [0.15, 0.2) is 0 Å². The highest BCUT2D eigenvalue weighted by atomic mass is 16.4. The van der Waals surface area contributed by atoms with Crippen LogP contribution in [-0.4, -0.2) is 47.5 Å². The maximum Gasteiger partial charge on any atom is 0.326 e. The first-order valence-corrected chi connectivity index (χ1v) is 10.3. The molecule has 3 rings (SSSR count). The van der Waals surface area contributed by atoms with Crippen molar-refractivity contribution in [2.24, 2.45) is 5.92 Å². The quantitative estimate of drug-likeness (QED) is 0.526. The van der Waals surface area contributed by atoms with Gasteiger partial charge in [0.1, 0.15) is 18.6 Å². The first kappa shape index (κ1) is 22.8. The average Bonchev–Trinajstić information content (AvgIpc) is 2.76. The fourth-order valence-corrected chi connectivity index (χ4v) is 3.47. The highest BCUT2D eigenvalue weighted by molar-refractivity contribution is 6.10. The summed E-state index contributed by atoms with van der Waals surface area (Å²) in [5.74, 6) is -2.46. The molecule has 9 heteroatoms. The molecule has 0 aliphatic carbocycles. The van der Waals surface area contributed by atoms with Crippen LogP contribution in [0, 0.1) is 5.92 Å². The SMILES string of the molecule is CC(C)[C@@H](NC(=O)[C@H](Cc1ccccc1)NC(=O)N1CC(=O)Nc2ccccc21)C(=O)O. The molecule has 0 aromatic heterocycles. The fourth-order valence-electron chi connectivity index (χ4n) is 3.47. The standard InChI is InChI=1S/C23H26N4O5/c1-14(2)20(22(30)31)26-21(29)17(12-15-8-4-3-5-9-15)25-23(32)27-13-19(28)24-16-10-6-7-11-18(16)27/h3-11,14,17,20H,12-13H2,1-2H3,(H,24,28)(H,25,32)(H,26,29)(H,30,31)/t17-,20+/m0/s1. The lowest BCUT2D eigenvalue weighted by atomic mass is 10.0. The number of benzene rings is 2. The molecular formula is C23H26N4O5. The molecule has 168 valence electrons. The summed E-state index contributed by atoms with van der Waals surface area (Å²) in [5.41, 5.74) is 1.80. The Morgan fingerprint density at radius 2 is 1.69 bits per heavy atom. The number of carboxylic acids is 1. The van der Waals surface area contributed by atoms with Crippen molar-refractivity contribution in [2.45, 2.75) is 32.4 Å².